The van der Waals surface area contributed by atoms with Gasteiger partial charge in [0, 0.05) is 11.5 Å². The lowest BCUT2D eigenvalue weighted by atomic mass is 10.4. The quantitative estimate of drug-likeness (QED) is 0.468. The third kappa shape index (κ3) is 2.10. The summed E-state index contributed by atoms with van der Waals surface area (Å²) in [7, 11) is 0.0432. The fraction of sp³-hybridized carbons (Fsp3) is 0.250. The van der Waals surface area contributed by atoms with Crippen LogP contribution in [0.25, 0.3) is 0 Å². The van der Waals surface area contributed by atoms with Crippen LogP contribution in [-0.2, 0) is 0 Å². The molecular weight excluding hydrogens is 175 g/mol. The summed E-state index contributed by atoms with van der Waals surface area (Å²) in [4.78, 5) is 0. The topological polar surface area (TPSA) is 0 Å². The largest absolute Gasteiger partial charge is 0.118 e. The molecule has 0 N–H and O–H groups in total. The second-order valence-electron chi connectivity index (χ2n) is 3.49. The van der Waals surface area contributed by atoms with Crippen molar-refractivity contribution in [3.8, 4) is 0 Å². The summed E-state index contributed by atoms with van der Waals surface area (Å²) in [6, 6.07) is 10.8. The van der Waals surface area contributed by atoms with Gasteiger partial charge in [0.1, 0.15) is 0 Å². The highest BCUT2D eigenvalue weighted by Gasteiger charge is 2.30. The molecule has 0 amide bonds. The van der Waals surface area contributed by atoms with Crippen LogP contribution in [0.1, 0.15) is 13.8 Å². The minimum Gasteiger partial charge on any atom is -0.118 e. The molecule has 1 aliphatic heterocycles. The summed E-state index contributed by atoms with van der Waals surface area (Å²) < 4.78 is 0. The Balaban J connectivity index is 2.22. The van der Waals surface area contributed by atoms with Crippen molar-refractivity contribution in [2.45, 2.75) is 13.8 Å². The van der Waals surface area contributed by atoms with Crippen molar-refractivity contribution >= 4 is 13.2 Å². The zero-order valence-electron chi connectivity index (χ0n) is 8.04. The van der Waals surface area contributed by atoms with E-state index in [1.165, 1.54) is 22.4 Å². The van der Waals surface area contributed by atoms with E-state index in [9.17, 15) is 0 Å². The molecule has 13 heavy (non-hydrogen) atoms. The second-order valence-corrected chi connectivity index (χ2v) is 5.72. The molecule has 0 saturated carbocycles. The average molecular weight is 188 g/mol. The maximum Gasteiger partial charge on any atom is 0.00915 e. The lowest BCUT2D eigenvalue weighted by Crippen LogP contribution is -1.89. The molecule has 1 aromatic carbocycles. The van der Waals surface area contributed by atoms with E-state index in [1.54, 1.807) is 0 Å². The van der Waals surface area contributed by atoms with Crippen LogP contribution in [0.2, 0.25) is 0 Å². The highest BCUT2D eigenvalue weighted by atomic mass is 31.1. The molecule has 66 valence electrons. The lowest BCUT2D eigenvalue weighted by Gasteiger charge is -1.93. The Morgan fingerprint density at radius 1 is 1.23 bits per heavy atom. The van der Waals surface area contributed by atoms with Crippen LogP contribution >= 0.6 is 7.92 Å². The summed E-state index contributed by atoms with van der Waals surface area (Å²) in [5.74, 6) is 0. The molecule has 0 spiro atoms. The Hall–Kier alpha value is -0.830. The van der Waals surface area contributed by atoms with E-state index in [4.69, 9.17) is 0 Å². The van der Waals surface area contributed by atoms with Gasteiger partial charge < -0.3 is 0 Å². The van der Waals surface area contributed by atoms with Crippen molar-refractivity contribution in [2.75, 3.05) is 6.16 Å². The molecule has 0 aromatic heterocycles. The highest BCUT2D eigenvalue weighted by molar-refractivity contribution is 7.78. The minimum absolute atomic E-state index is 0.0432. The monoisotopic (exact) mass is 188 g/mol. The summed E-state index contributed by atoms with van der Waals surface area (Å²) in [6.45, 7) is 4.23. The van der Waals surface area contributed by atoms with E-state index in [1.807, 2.05) is 0 Å². The number of hydrogen-bond donors (Lipinski definition) is 0. The Labute approximate surface area is 80.7 Å². The minimum atomic E-state index is 0.0432. The Bertz CT molecular complexity index is 365. The number of hydrogen-bond acceptors (Lipinski definition) is 0. The molecule has 1 aliphatic rings. The first-order valence-electron chi connectivity index (χ1n) is 4.53. The third-order valence-corrected chi connectivity index (χ3v) is 4.09. The standard InChI is InChI=1S/C12H13P/c1-10(2)8-12-9-13(12)11-6-4-3-5-7-11/h3-7H,9H2,1-2H3. The second kappa shape index (κ2) is 3.50. The van der Waals surface area contributed by atoms with Crippen LogP contribution in [0.5, 0.6) is 0 Å². The van der Waals surface area contributed by atoms with Crippen molar-refractivity contribution in [2.24, 2.45) is 0 Å². The number of benzene rings is 1. The van der Waals surface area contributed by atoms with Gasteiger partial charge in [-0.15, -0.1) is 5.73 Å². The van der Waals surface area contributed by atoms with Gasteiger partial charge in [-0.3, -0.25) is 0 Å². The van der Waals surface area contributed by atoms with E-state index < -0.39 is 0 Å². The van der Waals surface area contributed by atoms with Crippen LogP contribution in [-0.4, -0.2) is 6.16 Å². The van der Waals surface area contributed by atoms with Crippen LogP contribution < -0.4 is 5.30 Å². The molecule has 0 aliphatic carbocycles. The molecule has 1 aromatic rings. The molecule has 1 atom stereocenters. The van der Waals surface area contributed by atoms with E-state index >= 15 is 0 Å². The highest BCUT2D eigenvalue weighted by Crippen LogP contribution is 2.61. The number of allylic oxidation sites excluding steroid dienone is 1. The van der Waals surface area contributed by atoms with Crippen LogP contribution in [0.4, 0.5) is 0 Å². The fourth-order valence-electron chi connectivity index (χ4n) is 1.37. The molecule has 0 nitrogen and oxygen atoms in total. The van der Waals surface area contributed by atoms with Gasteiger partial charge >= 0.3 is 0 Å². The smallest absolute Gasteiger partial charge is 0.00915 e. The molecule has 1 unspecified atom stereocenters. The van der Waals surface area contributed by atoms with Gasteiger partial charge in [-0.1, -0.05) is 30.3 Å². The van der Waals surface area contributed by atoms with Crippen molar-refractivity contribution in [3.63, 3.8) is 0 Å². The van der Waals surface area contributed by atoms with Crippen molar-refractivity contribution in [3.05, 3.63) is 47.0 Å². The molecular formula is C12H13P. The van der Waals surface area contributed by atoms with Crippen molar-refractivity contribution in [1.29, 1.82) is 0 Å². The fourth-order valence-corrected chi connectivity index (χ4v) is 3.27. The zero-order chi connectivity index (χ0) is 9.26. The van der Waals surface area contributed by atoms with Crippen molar-refractivity contribution in [1.82, 2.24) is 0 Å². The molecule has 1 heteroatoms. The molecule has 1 saturated heterocycles. The van der Waals surface area contributed by atoms with E-state index in [2.05, 4.69) is 49.9 Å². The Morgan fingerprint density at radius 2 is 1.92 bits per heavy atom. The van der Waals surface area contributed by atoms with Gasteiger partial charge in [0.25, 0.3) is 0 Å². The van der Waals surface area contributed by atoms with Gasteiger partial charge in [0.05, 0.1) is 0 Å². The summed E-state index contributed by atoms with van der Waals surface area (Å²) in [5, 5.41) is 3.03. The molecule has 1 heterocycles. The predicted molar refractivity (Wildman–Crippen MR) is 59.8 cm³/mol. The van der Waals surface area contributed by atoms with E-state index in [0.29, 0.717) is 0 Å². The van der Waals surface area contributed by atoms with Crippen LogP contribution in [0.15, 0.2) is 47.0 Å². The van der Waals surface area contributed by atoms with Gasteiger partial charge in [0.2, 0.25) is 0 Å². The maximum atomic E-state index is 3.43. The van der Waals surface area contributed by atoms with Gasteiger partial charge in [0.15, 0.2) is 0 Å². The van der Waals surface area contributed by atoms with E-state index in [0.717, 1.165) is 0 Å². The SMILES string of the molecule is CC(C)=C=C1CP1c1ccccc1. The van der Waals surface area contributed by atoms with Gasteiger partial charge in [-0.05, 0) is 32.6 Å². The van der Waals surface area contributed by atoms with Crippen LogP contribution in [0, 0.1) is 0 Å². The third-order valence-electron chi connectivity index (χ3n) is 1.99. The molecule has 0 bridgehead atoms. The summed E-state index contributed by atoms with van der Waals surface area (Å²) in [6.07, 6.45) is 1.27. The Kier molecular flexibility index (Phi) is 2.36. The summed E-state index contributed by atoms with van der Waals surface area (Å²) >= 11 is 0. The molecule has 1 fully saturated rings. The first kappa shape index (κ1) is 8.75. The molecule has 0 radical (unpaired) electrons. The normalized spacial score (nSPS) is 19.5. The average Bonchev–Trinajstić information content (AvgIpc) is 2.84. The molecule has 2 rings (SSSR count). The lowest BCUT2D eigenvalue weighted by molar-refractivity contribution is 1.41. The first-order valence-corrected chi connectivity index (χ1v) is 6.05. The van der Waals surface area contributed by atoms with Crippen molar-refractivity contribution < 1.29 is 0 Å². The van der Waals surface area contributed by atoms with Crippen LogP contribution in [0.3, 0.4) is 0 Å². The van der Waals surface area contributed by atoms with Gasteiger partial charge in [-0.25, -0.2) is 0 Å². The van der Waals surface area contributed by atoms with Gasteiger partial charge in [-0.2, -0.15) is 0 Å². The van der Waals surface area contributed by atoms with E-state index in [-0.39, 0.29) is 7.92 Å². The summed E-state index contributed by atoms with van der Waals surface area (Å²) in [5.41, 5.74) is 4.73. The zero-order valence-corrected chi connectivity index (χ0v) is 8.94. The first-order chi connectivity index (χ1) is 6.27. The maximum absolute atomic E-state index is 3.43. The Morgan fingerprint density at radius 3 is 2.54 bits per heavy atom. The number of rotatable bonds is 1. The predicted octanol–water partition coefficient (Wildman–Crippen LogP) is 3.26.